The summed E-state index contributed by atoms with van der Waals surface area (Å²) in [6.07, 6.45) is 6.42. The molecule has 0 saturated heterocycles. The number of benzene rings is 2. The van der Waals surface area contributed by atoms with E-state index < -0.39 is 0 Å². The summed E-state index contributed by atoms with van der Waals surface area (Å²) in [5.74, 6) is 0.615. The molecular formula is C23H26Cl2N2O. The highest BCUT2D eigenvalue weighted by atomic mass is 35.5. The average Bonchev–Trinajstić information content (AvgIpc) is 3.24. The van der Waals surface area contributed by atoms with Gasteiger partial charge in [-0.2, -0.15) is 0 Å². The maximum absolute atomic E-state index is 12.5. The standard InChI is InChI=1S/C23H26Cl2N2O/c1-26-22-11-9-17(15-6-10-20(24)21(25)12-15)18-8-7-16(13-19(18)22)27-23(28)14-4-2-3-5-14/h6-8,10,12-14,17,22,26H,2-5,9,11H2,1H3,(H,27,28). The molecule has 2 unspecified atom stereocenters. The molecule has 1 fully saturated rings. The highest BCUT2D eigenvalue weighted by Crippen LogP contribution is 2.43. The predicted molar refractivity (Wildman–Crippen MR) is 116 cm³/mol. The third kappa shape index (κ3) is 3.94. The molecule has 0 bridgehead atoms. The summed E-state index contributed by atoms with van der Waals surface area (Å²) in [5.41, 5.74) is 4.63. The van der Waals surface area contributed by atoms with Crippen LogP contribution in [0.2, 0.25) is 10.0 Å². The number of amides is 1. The topological polar surface area (TPSA) is 41.1 Å². The van der Waals surface area contributed by atoms with Crippen LogP contribution in [0.4, 0.5) is 5.69 Å². The van der Waals surface area contributed by atoms with Crippen LogP contribution >= 0.6 is 23.2 Å². The van der Waals surface area contributed by atoms with Crippen LogP contribution in [0.1, 0.15) is 67.2 Å². The van der Waals surface area contributed by atoms with Gasteiger partial charge in [-0.05, 0) is 73.7 Å². The molecule has 2 aromatic rings. The molecule has 3 nitrogen and oxygen atoms in total. The van der Waals surface area contributed by atoms with Gasteiger partial charge in [-0.25, -0.2) is 0 Å². The molecule has 1 amide bonds. The third-order valence-corrected chi connectivity index (χ3v) is 7.01. The zero-order valence-corrected chi connectivity index (χ0v) is 17.6. The first-order valence-electron chi connectivity index (χ1n) is 10.1. The summed E-state index contributed by atoms with van der Waals surface area (Å²) in [6.45, 7) is 0. The van der Waals surface area contributed by atoms with Crippen molar-refractivity contribution in [3.05, 3.63) is 63.1 Å². The van der Waals surface area contributed by atoms with Gasteiger partial charge in [0.2, 0.25) is 5.91 Å². The molecule has 2 aromatic carbocycles. The quantitative estimate of drug-likeness (QED) is 0.612. The molecule has 4 rings (SSSR count). The monoisotopic (exact) mass is 416 g/mol. The van der Waals surface area contributed by atoms with Crippen LogP contribution in [0.25, 0.3) is 0 Å². The Morgan fingerprint density at radius 2 is 1.71 bits per heavy atom. The Labute approximate surface area is 176 Å². The van der Waals surface area contributed by atoms with E-state index in [9.17, 15) is 4.79 Å². The first-order chi connectivity index (χ1) is 13.6. The van der Waals surface area contributed by atoms with Gasteiger partial charge < -0.3 is 10.6 Å². The fourth-order valence-electron chi connectivity index (χ4n) is 4.72. The van der Waals surface area contributed by atoms with E-state index in [4.69, 9.17) is 23.2 Å². The van der Waals surface area contributed by atoms with Crippen molar-refractivity contribution in [2.24, 2.45) is 5.92 Å². The summed E-state index contributed by atoms with van der Waals surface area (Å²) in [5, 5.41) is 7.75. The molecule has 2 aliphatic carbocycles. The lowest BCUT2D eigenvalue weighted by Gasteiger charge is -2.32. The van der Waals surface area contributed by atoms with E-state index in [2.05, 4.69) is 28.8 Å². The second kappa shape index (κ2) is 8.44. The van der Waals surface area contributed by atoms with E-state index in [0.717, 1.165) is 44.2 Å². The van der Waals surface area contributed by atoms with Gasteiger partial charge in [-0.15, -0.1) is 0 Å². The van der Waals surface area contributed by atoms with E-state index >= 15 is 0 Å². The van der Waals surface area contributed by atoms with Crippen molar-refractivity contribution in [1.82, 2.24) is 5.32 Å². The minimum Gasteiger partial charge on any atom is -0.326 e. The lowest BCUT2D eigenvalue weighted by atomic mass is 9.76. The second-order valence-corrected chi connectivity index (χ2v) is 8.77. The smallest absolute Gasteiger partial charge is 0.227 e. The Kier molecular flexibility index (Phi) is 5.96. The van der Waals surface area contributed by atoms with Crippen LogP contribution in [0.15, 0.2) is 36.4 Å². The van der Waals surface area contributed by atoms with Gasteiger partial charge in [0.05, 0.1) is 10.0 Å². The van der Waals surface area contributed by atoms with Gasteiger partial charge in [0, 0.05) is 23.6 Å². The highest BCUT2D eigenvalue weighted by Gasteiger charge is 2.29. The van der Waals surface area contributed by atoms with Crippen molar-refractivity contribution in [2.45, 2.75) is 50.5 Å². The SMILES string of the molecule is CNC1CCC(c2ccc(Cl)c(Cl)c2)c2ccc(NC(=O)C3CCCC3)cc21. The average molecular weight is 417 g/mol. The largest absolute Gasteiger partial charge is 0.326 e. The molecule has 0 aromatic heterocycles. The molecule has 148 valence electrons. The molecule has 2 atom stereocenters. The van der Waals surface area contributed by atoms with Crippen molar-refractivity contribution >= 4 is 34.8 Å². The molecule has 2 N–H and O–H groups in total. The second-order valence-electron chi connectivity index (χ2n) is 7.96. The molecule has 0 radical (unpaired) electrons. The normalized spacial score (nSPS) is 22.1. The van der Waals surface area contributed by atoms with Crippen LogP contribution in [0, 0.1) is 5.92 Å². The summed E-state index contributed by atoms with van der Waals surface area (Å²) < 4.78 is 0. The van der Waals surface area contributed by atoms with Gasteiger partial charge >= 0.3 is 0 Å². The maximum atomic E-state index is 12.5. The Hall–Kier alpha value is -1.55. The number of rotatable bonds is 4. The van der Waals surface area contributed by atoms with Gasteiger partial charge in [0.25, 0.3) is 0 Å². The number of hydrogen-bond donors (Lipinski definition) is 2. The Morgan fingerprint density at radius 1 is 0.929 bits per heavy atom. The van der Waals surface area contributed by atoms with Crippen molar-refractivity contribution in [1.29, 1.82) is 0 Å². The Morgan fingerprint density at radius 3 is 2.43 bits per heavy atom. The number of halogens is 2. The molecule has 0 heterocycles. The molecule has 2 aliphatic rings. The number of anilines is 1. The van der Waals surface area contributed by atoms with Crippen LogP contribution in [-0.2, 0) is 4.79 Å². The molecule has 0 spiro atoms. The van der Waals surface area contributed by atoms with Crippen molar-refractivity contribution < 1.29 is 4.79 Å². The minimum absolute atomic E-state index is 0.162. The summed E-state index contributed by atoms with van der Waals surface area (Å²) in [4.78, 5) is 12.5. The molecule has 1 saturated carbocycles. The van der Waals surface area contributed by atoms with Crippen molar-refractivity contribution in [3.8, 4) is 0 Å². The predicted octanol–water partition coefficient (Wildman–Crippen LogP) is 6.31. The van der Waals surface area contributed by atoms with Gasteiger partial charge in [-0.1, -0.05) is 48.2 Å². The molecule has 0 aliphatic heterocycles. The highest BCUT2D eigenvalue weighted by molar-refractivity contribution is 6.42. The zero-order chi connectivity index (χ0) is 19.7. The lowest BCUT2D eigenvalue weighted by Crippen LogP contribution is -2.25. The first-order valence-corrected chi connectivity index (χ1v) is 10.9. The number of nitrogens with one attached hydrogen (secondary N) is 2. The fourth-order valence-corrected chi connectivity index (χ4v) is 5.03. The molecule has 5 heteroatoms. The number of hydrogen-bond acceptors (Lipinski definition) is 2. The number of carbonyl (C=O) groups excluding carboxylic acids is 1. The van der Waals surface area contributed by atoms with Crippen LogP contribution in [-0.4, -0.2) is 13.0 Å². The van der Waals surface area contributed by atoms with Crippen LogP contribution in [0.5, 0.6) is 0 Å². The third-order valence-electron chi connectivity index (χ3n) is 6.27. The molecule has 28 heavy (non-hydrogen) atoms. The van der Waals surface area contributed by atoms with Crippen LogP contribution in [0.3, 0.4) is 0 Å². The summed E-state index contributed by atoms with van der Waals surface area (Å²) in [6, 6.07) is 12.6. The Bertz CT molecular complexity index is 877. The Balaban J connectivity index is 1.63. The van der Waals surface area contributed by atoms with Gasteiger partial charge in [0.15, 0.2) is 0 Å². The first kappa shape index (κ1) is 19.8. The van der Waals surface area contributed by atoms with Crippen molar-refractivity contribution in [3.63, 3.8) is 0 Å². The maximum Gasteiger partial charge on any atom is 0.227 e. The van der Waals surface area contributed by atoms with Crippen LogP contribution < -0.4 is 10.6 Å². The van der Waals surface area contributed by atoms with E-state index in [0.29, 0.717) is 10.0 Å². The van der Waals surface area contributed by atoms with E-state index in [-0.39, 0.29) is 23.8 Å². The van der Waals surface area contributed by atoms with Gasteiger partial charge in [-0.3, -0.25) is 4.79 Å². The minimum atomic E-state index is 0.162. The summed E-state index contributed by atoms with van der Waals surface area (Å²) >= 11 is 12.4. The van der Waals surface area contributed by atoms with Crippen molar-refractivity contribution in [2.75, 3.05) is 12.4 Å². The number of carbonyl (C=O) groups is 1. The van der Waals surface area contributed by atoms with E-state index in [1.165, 1.54) is 16.7 Å². The summed E-state index contributed by atoms with van der Waals surface area (Å²) in [7, 11) is 2.00. The fraction of sp³-hybridized carbons (Fsp3) is 0.435. The lowest BCUT2D eigenvalue weighted by molar-refractivity contribution is -0.119. The van der Waals surface area contributed by atoms with Gasteiger partial charge in [0.1, 0.15) is 0 Å². The number of fused-ring (bicyclic) bond motifs is 1. The molecular weight excluding hydrogens is 391 g/mol. The zero-order valence-electron chi connectivity index (χ0n) is 16.1. The van der Waals surface area contributed by atoms with E-state index in [1.54, 1.807) is 0 Å². The van der Waals surface area contributed by atoms with E-state index in [1.807, 2.05) is 25.2 Å².